The highest BCUT2D eigenvalue weighted by Gasteiger charge is 2.05. The number of nitriles is 1. The van der Waals surface area contributed by atoms with Gasteiger partial charge in [-0.2, -0.15) is 5.26 Å². The lowest BCUT2D eigenvalue weighted by atomic mass is 9.96. The second kappa shape index (κ2) is 6.35. The van der Waals surface area contributed by atoms with Crippen molar-refractivity contribution in [3.05, 3.63) is 53.6 Å². The third kappa shape index (κ3) is 3.13. The van der Waals surface area contributed by atoms with Crippen LogP contribution in [0.15, 0.2) is 42.5 Å². The van der Waals surface area contributed by atoms with Gasteiger partial charge in [-0.25, -0.2) is 0 Å². The molecule has 0 bridgehead atoms. The fourth-order valence-corrected chi connectivity index (χ4v) is 3.52. The Labute approximate surface area is 117 Å². The Bertz CT molecular complexity index is 594. The quantitative estimate of drug-likeness (QED) is 0.780. The van der Waals surface area contributed by atoms with Gasteiger partial charge in [0, 0.05) is 0 Å². The Morgan fingerprint density at radius 3 is 2.37 bits per heavy atom. The summed E-state index contributed by atoms with van der Waals surface area (Å²) in [6.07, 6.45) is 0.955. The van der Waals surface area contributed by atoms with Gasteiger partial charge in [-0.1, -0.05) is 55.4 Å². The number of benzene rings is 2. The molecule has 1 nitrogen and oxygen atoms in total. The van der Waals surface area contributed by atoms with Gasteiger partial charge in [0.05, 0.1) is 21.2 Å². The molecule has 0 atom stereocenters. The van der Waals surface area contributed by atoms with Crippen molar-refractivity contribution in [1.82, 2.24) is 0 Å². The molecule has 0 aliphatic rings. The van der Waals surface area contributed by atoms with E-state index in [1.165, 1.54) is 27.9 Å². The molecule has 0 fully saturated rings. The van der Waals surface area contributed by atoms with E-state index in [-0.39, 0.29) is 9.52 Å². The number of aryl methyl sites for hydroxylation is 1. The van der Waals surface area contributed by atoms with E-state index in [2.05, 4.69) is 50.2 Å². The van der Waals surface area contributed by atoms with Crippen LogP contribution in [-0.2, 0) is 6.42 Å². The third-order valence-electron chi connectivity index (χ3n) is 3.42. The number of hydrogen-bond acceptors (Lipinski definition) is 1. The van der Waals surface area contributed by atoms with Crippen molar-refractivity contribution in [3.8, 4) is 17.2 Å². The Morgan fingerprint density at radius 2 is 1.79 bits per heavy atom. The molecule has 2 aromatic carbocycles. The zero-order valence-corrected chi connectivity index (χ0v) is 13.0. The molecule has 0 amide bonds. The molecule has 0 heterocycles. The molecule has 0 saturated heterocycles. The van der Waals surface area contributed by atoms with E-state index in [0.717, 1.165) is 12.0 Å². The normalized spacial score (nSPS) is 10.8. The fraction of sp³-hybridized carbons (Fsp3) is 0.235. The van der Waals surface area contributed by atoms with Crippen LogP contribution >= 0.6 is 0 Å². The van der Waals surface area contributed by atoms with Crippen molar-refractivity contribution < 1.29 is 0 Å². The van der Waals surface area contributed by atoms with Crippen LogP contribution in [0, 0.1) is 11.3 Å². The van der Waals surface area contributed by atoms with E-state index in [0.29, 0.717) is 0 Å². The van der Waals surface area contributed by atoms with E-state index in [9.17, 15) is 0 Å². The maximum atomic E-state index is 8.97. The minimum atomic E-state index is -0.0650. The summed E-state index contributed by atoms with van der Waals surface area (Å²) in [5.74, 6) is 0. The van der Waals surface area contributed by atoms with Crippen LogP contribution in [0.3, 0.4) is 0 Å². The van der Waals surface area contributed by atoms with Gasteiger partial charge in [-0.15, -0.1) is 0 Å². The zero-order chi connectivity index (χ0) is 13.7. The molecule has 0 aromatic heterocycles. The van der Waals surface area contributed by atoms with Crippen LogP contribution in [0.5, 0.6) is 0 Å². The first-order valence-corrected chi connectivity index (χ1v) is 8.61. The molecule has 2 rings (SSSR count). The van der Waals surface area contributed by atoms with Crippen LogP contribution < -0.4 is 5.19 Å². The highest BCUT2D eigenvalue weighted by molar-refractivity contribution is 6.53. The lowest BCUT2D eigenvalue weighted by Gasteiger charge is -2.09. The second-order valence-corrected chi connectivity index (χ2v) is 7.10. The molecule has 0 radical (unpaired) electrons. The van der Waals surface area contributed by atoms with Crippen LogP contribution in [0.2, 0.25) is 6.04 Å². The first kappa shape index (κ1) is 13.6. The number of nitrogens with zero attached hydrogens (tertiary/aromatic N) is 1. The Kier molecular flexibility index (Phi) is 4.54. The van der Waals surface area contributed by atoms with Gasteiger partial charge in [0.2, 0.25) is 0 Å². The van der Waals surface area contributed by atoms with E-state index in [1.54, 1.807) is 0 Å². The average Bonchev–Trinajstić information content (AvgIpc) is 2.48. The first-order chi connectivity index (χ1) is 9.28. The highest BCUT2D eigenvalue weighted by Crippen LogP contribution is 2.24. The molecule has 0 spiro atoms. The number of rotatable bonds is 4. The molecule has 0 aliphatic heterocycles. The smallest absolute Gasteiger partial charge is 0.0991 e. The Hall–Kier alpha value is -1.85. The average molecular weight is 265 g/mol. The molecule has 0 unspecified atom stereocenters. The maximum Gasteiger partial charge on any atom is 0.0991 e. The van der Waals surface area contributed by atoms with Gasteiger partial charge in [0.25, 0.3) is 0 Å². The Morgan fingerprint density at radius 1 is 1.05 bits per heavy atom. The topological polar surface area (TPSA) is 23.8 Å². The zero-order valence-electron chi connectivity index (χ0n) is 11.6. The van der Waals surface area contributed by atoms with Crippen LogP contribution in [-0.4, -0.2) is 9.52 Å². The molecule has 0 N–H and O–H groups in total. The SMILES string of the molecule is CC[SiH2]c1ccc(-c2ccc(C#N)cc2CC)cc1. The molecule has 96 valence electrons. The molecule has 2 heteroatoms. The molecule has 0 saturated carbocycles. The van der Waals surface area contributed by atoms with Crippen molar-refractivity contribution in [2.45, 2.75) is 26.3 Å². The molecular formula is C17H19NSi. The minimum absolute atomic E-state index is 0.0650. The summed E-state index contributed by atoms with van der Waals surface area (Å²) in [7, 11) is -0.0650. The van der Waals surface area contributed by atoms with Crippen LogP contribution in [0.1, 0.15) is 25.0 Å². The Balaban J connectivity index is 2.38. The van der Waals surface area contributed by atoms with Crippen molar-refractivity contribution in [3.63, 3.8) is 0 Å². The van der Waals surface area contributed by atoms with E-state index >= 15 is 0 Å². The van der Waals surface area contributed by atoms with Crippen molar-refractivity contribution in [2.75, 3.05) is 0 Å². The van der Waals surface area contributed by atoms with Crippen molar-refractivity contribution in [2.24, 2.45) is 0 Å². The molecule has 0 aliphatic carbocycles. The van der Waals surface area contributed by atoms with E-state index in [4.69, 9.17) is 5.26 Å². The summed E-state index contributed by atoms with van der Waals surface area (Å²) in [4.78, 5) is 0. The summed E-state index contributed by atoms with van der Waals surface area (Å²) in [6, 6.07) is 18.5. The van der Waals surface area contributed by atoms with Gasteiger partial charge in [0.15, 0.2) is 0 Å². The summed E-state index contributed by atoms with van der Waals surface area (Å²) < 4.78 is 0. The molecule has 19 heavy (non-hydrogen) atoms. The van der Waals surface area contributed by atoms with Gasteiger partial charge < -0.3 is 0 Å². The van der Waals surface area contributed by atoms with Gasteiger partial charge in [-0.3, -0.25) is 0 Å². The third-order valence-corrected chi connectivity index (χ3v) is 4.97. The van der Waals surface area contributed by atoms with Gasteiger partial charge in [0.1, 0.15) is 0 Å². The van der Waals surface area contributed by atoms with Gasteiger partial charge in [-0.05, 0) is 35.2 Å². The van der Waals surface area contributed by atoms with Crippen LogP contribution in [0.4, 0.5) is 0 Å². The molecular weight excluding hydrogens is 246 g/mol. The number of hydrogen-bond donors (Lipinski definition) is 0. The highest BCUT2D eigenvalue weighted by atomic mass is 28.2. The minimum Gasteiger partial charge on any atom is -0.192 e. The summed E-state index contributed by atoms with van der Waals surface area (Å²) in [5.41, 5.74) is 4.51. The molecule has 2 aromatic rings. The lowest BCUT2D eigenvalue weighted by Crippen LogP contribution is -2.11. The van der Waals surface area contributed by atoms with Crippen LogP contribution in [0.25, 0.3) is 11.1 Å². The summed E-state index contributed by atoms with van der Waals surface area (Å²) in [6.45, 7) is 4.40. The van der Waals surface area contributed by atoms with Crippen molar-refractivity contribution >= 4 is 14.7 Å². The monoisotopic (exact) mass is 265 g/mol. The van der Waals surface area contributed by atoms with Gasteiger partial charge >= 0.3 is 0 Å². The predicted octanol–water partition coefficient (Wildman–Crippen LogP) is 3.02. The van der Waals surface area contributed by atoms with Crippen molar-refractivity contribution in [1.29, 1.82) is 5.26 Å². The fourth-order valence-electron chi connectivity index (χ4n) is 2.38. The first-order valence-electron chi connectivity index (χ1n) is 6.90. The largest absolute Gasteiger partial charge is 0.192 e. The summed E-state index contributed by atoms with van der Waals surface area (Å²) >= 11 is 0. The second-order valence-electron chi connectivity index (χ2n) is 4.78. The standard InChI is InChI=1S/C17H19NSi/c1-3-14-11-13(12-18)5-10-17(14)15-6-8-16(9-7-15)19-4-2/h5-11H,3-4,19H2,1-2H3. The predicted molar refractivity (Wildman–Crippen MR) is 84.6 cm³/mol. The van der Waals surface area contributed by atoms with E-state index in [1.807, 2.05) is 12.1 Å². The van der Waals surface area contributed by atoms with E-state index < -0.39 is 0 Å². The lowest BCUT2D eigenvalue weighted by molar-refractivity contribution is 1.14. The maximum absolute atomic E-state index is 8.97. The summed E-state index contributed by atoms with van der Waals surface area (Å²) in [5, 5.41) is 10.5.